The van der Waals surface area contributed by atoms with Crippen molar-refractivity contribution < 1.29 is 14.3 Å². The first-order valence-corrected chi connectivity index (χ1v) is 9.38. The maximum absolute atomic E-state index is 12.2. The van der Waals surface area contributed by atoms with E-state index < -0.39 is 0 Å². The van der Waals surface area contributed by atoms with Gasteiger partial charge in [-0.25, -0.2) is 4.79 Å². The summed E-state index contributed by atoms with van der Waals surface area (Å²) < 4.78 is 11.6. The molecule has 140 valence electrons. The van der Waals surface area contributed by atoms with Crippen molar-refractivity contribution >= 4 is 5.97 Å². The maximum Gasteiger partial charge on any atom is 0.340 e. The molecule has 2 rings (SSSR count). The number of nitrogens with zero attached hydrogens (tertiary/aromatic N) is 1. The van der Waals surface area contributed by atoms with Gasteiger partial charge in [0, 0.05) is 12.7 Å². The first-order chi connectivity index (χ1) is 11.9. The number of rotatable bonds is 7. The summed E-state index contributed by atoms with van der Waals surface area (Å²) in [6, 6.07) is 3.44. The molecule has 5 heteroatoms. The standard InChI is InChI=1S/C20H32N2O3/c1-13(2)18-8-5-14(3)9-19(18)24-12-15(4)25-20(23)16-6-7-17(10-21)22-11-16/h6-7,11,13-15,18-19H,5,8-10,12,21H2,1-4H3/t14?,15-,18-,19+/m0/s1. The summed E-state index contributed by atoms with van der Waals surface area (Å²) in [5.74, 6) is 1.53. The third-order valence-corrected chi connectivity index (χ3v) is 5.08. The van der Waals surface area contributed by atoms with E-state index in [2.05, 4.69) is 25.8 Å². The van der Waals surface area contributed by atoms with Gasteiger partial charge in [0.05, 0.1) is 24.0 Å². The lowest BCUT2D eigenvalue weighted by Crippen LogP contribution is -2.36. The Labute approximate surface area is 151 Å². The van der Waals surface area contributed by atoms with Gasteiger partial charge in [0.15, 0.2) is 0 Å². The highest BCUT2D eigenvalue weighted by Gasteiger charge is 2.31. The zero-order chi connectivity index (χ0) is 18.4. The third kappa shape index (κ3) is 5.79. The van der Waals surface area contributed by atoms with Gasteiger partial charge in [0.2, 0.25) is 0 Å². The molecule has 0 bridgehead atoms. The first kappa shape index (κ1) is 19.9. The second kappa shape index (κ2) is 9.30. The molecule has 0 spiro atoms. The summed E-state index contributed by atoms with van der Waals surface area (Å²) in [5, 5.41) is 0. The van der Waals surface area contributed by atoms with Gasteiger partial charge in [-0.15, -0.1) is 0 Å². The molecule has 5 nitrogen and oxygen atoms in total. The monoisotopic (exact) mass is 348 g/mol. The summed E-state index contributed by atoms with van der Waals surface area (Å²) in [4.78, 5) is 16.3. The van der Waals surface area contributed by atoms with Crippen molar-refractivity contribution in [1.29, 1.82) is 0 Å². The van der Waals surface area contributed by atoms with E-state index in [1.165, 1.54) is 19.0 Å². The van der Waals surface area contributed by atoms with E-state index in [0.29, 0.717) is 36.5 Å². The van der Waals surface area contributed by atoms with Gasteiger partial charge >= 0.3 is 5.97 Å². The minimum Gasteiger partial charge on any atom is -0.457 e. The Kier molecular flexibility index (Phi) is 7.38. The topological polar surface area (TPSA) is 74.4 Å². The highest BCUT2D eigenvalue weighted by molar-refractivity contribution is 5.89. The molecule has 2 N–H and O–H groups in total. The minimum absolute atomic E-state index is 0.260. The lowest BCUT2D eigenvalue weighted by atomic mass is 9.75. The van der Waals surface area contributed by atoms with E-state index in [1.54, 1.807) is 12.1 Å². The number of nitrogens with two attached hydrogens (primary N) is 1. The molecule has 1 aliphatic carbocycles. The normalized spacial score (nSPS) is 25.0. The van der Waals surface area contributed by atoms with Crippen molar-refractivity contribution in [3.8, 4) is 0 Å². The number of esters is 1. The largest absolute Gasteiger partial charge is 0.457 e. The fourth-order valence-corrected chi connectivity index (χ4v) is 3.52. The van der Waals surface area contributed by atoms with E-state index >= 15 is 0 Å². The number of carbonyl (C=O) groups is 1. The molecule has 1 unspecified atom stereocenters. The van der Waals surface area contributed by atoms with Crippen LogP contribution in [0.25, 0.3) is 0 Å². The fraction of sp³-hybridized carbons (Fsp3) is 0.700. The maximum atomic E-state index is 12.2. The van der Waals surface area contributed by atoms with Gasteiger partial charge < -0.3 is 15.2 Å². The summed E-state index contributed by atoms with van der Waals surface area (Å²) in [7, 11) is 0. The van der Waals surface area contributed by atoms with Crippen molar-refractivity contribution in [3.63, 3.8) is 0 Å². The van der Waals surface area contributed by atoms with E-state index in [1.807, 2.05) is 6.92 Å². The first-order valence-electron chi connectivity index (χ1n) is 9.38. The molecule has 1 aromatic rings. The predicted molar refractivity (Wildman–Crippen MR) is 98.1 cm³/mol. The highest BCUT2D eigenvalue weighted by Crippen LogP contribution is 2.35. The Morgan fingerprint density at radius 2 is 2.08 bits per heavy atom. The molecule has 0 saturated heterocycles. The van der Waals surface area contributed by atoms with Crippen LogP contribution in [0.1, 0.15) is 63.0 Å². The number of aromatic nitrogens is 1. The summed E-state index contributed by atoms with van der Waals surface area (Å²) in [5.41, 5.74) is 6.70. The Bertz CT molecular complexity index is 544. The van der Waals surface area contributed by atoms with Crippen molar-refractivity contribution in [2.75, 3.05) is 6.61 Å². The van der Waals surface area contributed by atoms with Gasteiger partial charge in [-0.2, -0.15) is 0 Å². The smallest absolute Gasteiger partial charge is 0.340 e. The van der Waals surface area contributed by atoms with Crippen molar-refractivity contribution in [1.82, 2.24) is 4.98 Å². The van der Waals surface area contributed by atoms with E-state index in [4.69, 9.17) is 15.2 Å². The Morgan fingerprint density at radius 1 is 1.32 bits per heavy atom. The van der Waals surface area contributed by atoms with Gasteiger partial charge in [0.1, 0.15) is 6.10 Å². The van der Waals surface area contributed by atoms with Gasteiger partial charge in [-0.1, -0.05) is 27.2 Å². The quantitative estimate of drug-likeness (QED) is 0.763. The zero-order valence-corrected chi connectivity index (χ0v) is 15.9. The summed E-state index contributed by atoms with van der Waals surface area (Å²) >= 11 is 0. The van der Waals surface area contributed by atoms with Crippen LogP contribution in [0.2, 0.25) is 0 Å². The Hall–Kier alpha value is -1.46. The number of ether oxygens (including phenoxy) is 2. The molecule has 1 saturated carbocycles. The lowest BCUT2D eigenvalue weighted by Gasteiger charge is -2.37. The number of pyridine rings is 1. The zero-order valence-electron chi connectivity index (χ0n) is 15.9. The Morgan fingerprint density at radius 3 is 2.68 bits per heavy atom. The van der Waals surface area contributed by atoms with E-state index in [-0.39, 0.29) is 18.2 Å². The SMILES string of the molecule is CC1CC[C@@H](C(C)C)[C@H](OC[C@H](C)OC(=O)c2ccc(CN)nc2)C1. The molecule has 0 radical (unpaired) electrons. The number of hydrogen-bond donors (Lipinski definition) is 1. The molecule has 0 aromatic carbocycles. The predicted octanol–water partition coefficient (Wildman–Crippen LogP) is 3.56. The third-order valence-electron chi connectivity index (χ3n) is 5.08. The molecule has 1 heterocycles. The average Bonchev–Trinajstić information content (AvgIpc) is 2.59. The molecule has 25 heavy (non-hydrogen) atoms. The van der Waals surface area contributed by atoms with Gasteiger partial charge in [0.25, 0.3) is 0 Å². The molecular weight excluding hydrogens is 316 g/mol. The van der Waals surface area contributed by atoms with Gasteiger partial charge in [-0.3, -0.25) is 4.98 Å². The highest BCUT2D eigenvalue weighted by atomic mass is 16.6. The minimum atomic E-state index is -0.371. The van der Waals surface area contributed by atoms with Crippen LogP contribution < -0.4 is 5.73 Å². The average molecular weight is 348 g/mol. The van der Waals surface area contributed by atoms with E-state index in [0.717, 1.165) is 12.1 Å². The number of hydrogen-bond acceptors (Lipinski definition) is 5. The van der Waals surface area contributed by atoms with Crippen LogP contribution in [-0.2, 0) is 16.0 Å². The van der Waals surface area contributed by atoms with Crippen LogP contribution in [0.3, 0.4) is 0 Å². The fourth-order valence-electron chi connectivity index (χ4n) is 3.52. The van der Waals surface area contributed by atoms with Crippen LogP contribution in [0, 0.1) is 17.8 Å². The molecule has 4 atom stereocenters. The van der Waals surface area contributed by atoms with Crippen LogP contribution in [0.4, 0.5) is 0 Å². The lowest BCUT2D eigenvalue weighted by molar-refractivity contribution is -0.0705. The molecule has 0 amide bonds. The van der Waals surface area contributed by atoms with Gasteiger partial charge in [-0.05, 0) is 49.7 Å². The number of carbonyl (C=O) groups excluding carboxylic acids is 1. The molecule has 1 aromatic heterocycles. The van der Waals surface area contributed by atoms with Crippen LogP contribution >= 0.6 is 0 Å². The summed E-state index contributed by atoms with van der Waals surface area (Å²) in [6.07, 6.45) is 5.07. The molecule has 1 aliphatic rings. The van der Waals surface area contributed by atoms with Crippen LogP contribution in [0.15, 0.2) is 18.3 Å². The molecular formula is C20H32N2O3. The van der Waals surface area contributed by atoms with Crippen molar-refractivity contribution in [3.05, 3.63) is 29.6 Å². The van der Waals surface area contributed by atoms with Crippen molar-refractivity contribution in [2.24, 2.45) is 23.5 Å². The molecule has 0 aliphatic heterocycles. The Balaban J connectivity index is 1.84. The van der Waals surface area contributed by atoms with E-state index in [9.17, 15) is 4.79 Å². The second-order valence-corrected chi connectivity index (χ2v) is 7.66. The van der Waals surface area contributed by atoms with Crippen molar-refractivity contribution in [2.45, 2.75) is 65.7 Å². The summed E-state index contributed by atoms with van der Waals surface area (Å²) in [6.45, 7) is 9.47. The molecule has 1 fully saturated rings. The van der Waals surface area contributed by atoms with Crippen LogP contribution in [-0.4, -0.2) is 29.8 Å². The second-order valence-electron chi connectivity index (χ2n) is 7.66. The van der Waals surface area contributed by atoms with Crippen LogP contribution in [0.5, 0.6) is 0 Å².